The van der Waals surface area contributed by atoms with Crippen LogP contribution in [0.2, 0.25) is 0 Å². The van der Waals surface area contributed by atoms with Gasteiger partial charge >= 0.3 is 0 Å². The molecule has 20 heavy (non-hydrogen) atoms. The molecule has 0 aromatic heterocycles. The van der Waals surface area contributed by atoms with Crippen molar-refractivity contribution in [1.29, 1.82) is 0 Å². The summed E-state index contributed by atoms with van der Waals surface area (Å²) in [5, 5.41) is 9.85. The predicted molar refractivity (Wildman–Crippen MR) is 79.0 cm³/mol. The summed E-state index contributed by atoms with van der Waals surface area (Å²) in [6.45, 7) is 7.95. The van der Waals surface area contributed by atoms with Crippen LogP contribution in [0.1, 0.15) is 22.3 Å². The number of rotatable bonds is 2. The van der Waals surface area contributed by atoms with Crippen LogP contribution in [0.4, 0.5) is 0 Å². The molecule has 113 valence electrons. The molecule has 0 aliphatic rings. The van der Waals surface area contributed by atoms with E-state index in [-0.39, 0.29) is 36.9 Å². The Kier molecular flexibility index (Phi) is 5.91. The molecule has 3 heteroatoms. The fraction of sp³-hybridized carbons (Fsp3) is 0.294. The minimum atomic E-state index is 0. The molecule has 1 radical (unpaired) electrons. The van der Waals surface area contributed by atoms with Gasteiger partial charge in [0.05, 0.1) is 7.11 Å². The van der Waals surface area contributed by atoms with Crippen LogP contribution < -0.4 is 4.74 Å². The fourth-order valence-electron chi connectivity index (χ4n) is 2.56. The van der Waals surface area contributed by atoms with Crippen molar-refractivity contribution in [3.05, 3.63) is 46.5 Å². The summed E-state index contributed by atoms with van der Waals surface area (Å²) in [5.74, 6) is 1.32. The van der Waals surface area contributed by atoms with Crippen molar-refractivity contribution in [2.75, 3.05) is 7.11 Å². The Morgan fingerprint density at radius 3 is 1.45 bits per heavy atom. The normalized spacial score (nSPS) is 10.1. The minimum Gasteiger partial charge on any atom is -0.507 e. The van der Waals surface area contributed by atoms with Gasteiger partial charge < -0.3 is 9.84 Å². The fourth-order valence-corrected chi connectivity index (χ4v) is 2.56. The topological polar surface area (TPSA) is 29.5 Å². The molecule has 0 fully saturated rings. The zero-order valence-corrected chi connectivity index (χ0v) is 14.2. The summed E-state index contributed by atoms with van der Waals surface area (Å²) in [7, 11) is 1.70. The second-order valence-electron chi connectivity index (χ2n) is 5.10. The average molecular weight is 425 g/mol. The van der Waals surface area contributed by atoms with Crippen LogP contribution >= 0.6 is 0 Å². The standard InChI is InChI=1S/C17H20O2.Tm/c1-10-6-14(7-11(2)16(10)18)15-8-12(3)17(19-5)13(4)9-15;/h6-9,18H,1-5H3;. The van der Waals surface area contributed by atoms with E-state index in [1.165, 1.54) is 0 Å². The number of phenols is 1. The van der Waals surface area contributed by atoms with Crippen LogP contribution in [0, 0.1) is 64.6 Å². The Bertz CT molecular complexity index is 587. The molecule has 0 aliphatic carbocycles. The number of ether oxygens (including phenoxy) is 1. The summed E-state index contributed by atoms with van der Waals surface area (Å²) in [5.41, 5.74) is 6.34. The van der Waals surface area contributed by atoms with Gasteiger partial charge in [0.2, 0.25) is 0 Å². The summed E-state index contributed by atoms with van der Waals surface area (Å²) in [4.78, 5) is 0. The summed E-state index contributed by atoms with van der Waals surface area (Å²) in [6, 6.07) is 8.28. The number of aryl methyl sites for hydroxylation is 4. The van der Waals surface area contributed by atoms with Crippen LogP contribution in [0.15, 0.2) is 24.3 Å². The van der Waals surface area contributed by atoms with Crippen LogP contribution in [0.25, 0.3) is 11.1 Å². The third-order valence-corrected chi connectivity index (χ3v) is 3.49. The van der Waals surface area contributed by atoms with E-state index in [1.807, 2.05) is 26.0 Å². The first-order chi connectivity index (χ1) is 8.93. The monoisotopic (exact) mass is 425 g/mol. The Morgan fingerprint density at radius 1 is 0.750 bits per heavy atom. The van der Waals surface area contributed by atoms with Crippen LogP contribution in [-0.4, -0.2) is 12.2 Å². The zero-order chi connectivity index (χ0) is 14.2. The Hall–Kier alpha value is -0.726. The van der Waals surface area contributed by atoms with Gasteiger partial charge in [-0.25, -0.2) is 0 Å². The third-order valence-electron chi connectivity index (χ3n) is 3.49. The van der Waals surface area contributed by atoms with Gasteiger partial charge in [0, 0.05) is 36.9 Å². The molecule has 2 aromatic rings. The van der Waals surface area contributed by atoms with Gasteiger partial charge in [-0.3, -0.25) is 0 Å². The number of hydrogen-bond acceptors (Lipinski definition) is 2. The van der Waals surface area contributed by atoms with E-state index in [9.17, 15) is 5.11 Å². The van der Waals surface area contributed by atoms with Gasteiger partial charge in [-0.05, 0) is 85.3 Å². The van der Waals surface area contributed by atoms with E-state index in [0.29, 0.717) is 5.75 Å². The maximum absolute atomic E-state index is 9.85. The minimum absolute atomic E-state index is 0. The molecule has 0 heterocycles. The number of benzene rings is 2. The second kappa shape index (κ2) is 6.82. The van der Waals surface area contributed by atoms with Crippen LogP contribution in [0.5, 0.6) is 11.5 Å². The largest absolute Gasteiger partial charge is 0.507 e. The number of aromatic hydroxyl groups is 1. The van der Waals surface area contributed by atoms with Gasteiger partial charge in [-0.1, -0.05) is 0 Å². The molecule has 0 bridgehead atoms. The van der Waals surface area contributed by atoms with Crippen molar-refractivity contribution in [1.82, 2.24) is 0 Å². The molecule has 2 aromatic carbocycles. The van der Waals surface area contributed by atoms with E-state index < -0.39 is 0 Å². The second-order valence-corrected chi connectivity index (χ2v) is 5.10. The van der Waals surface area contributed by atoms with Gasteiger partial charge in [0.15, 0.2) is 0 Å². The molecule has 0 aliphatic heterocycles. The maximum Gasteiger partial charge on any atom is 0.124 e. The van der Waals surface area contributed by atoms with Crippen molar-refractivity contribution in [3.63, 3.8) is 0 Å². The number of methoxy groups -OCH3 is 1. The van der Waals surface area contributed by atoms with E-state index in [1.54, 1.807) is 7.11 Å². The molecule has 1 N–H and O–H groups in total. The molecular weight excluding hydrogens is 405 g/mol. The molecule has 0 unspecified atom stereocenters. The van der Waals surface area contributed by atoms with Gasteiger partial charge in [-0.2, -0.15) is 0 Å². The van der Waals surface area contributed by atoms with Crippen molar-refractivity contribution in [3.8, 4) is 22.6 Å². The number of phenolic OH excluding ortho intramolecular Hbond substituents is 1. The molecule has 2 nitrogen and oxygen atoms in total. The zero-order valence-electron chi connectivity index (χ0n) is 12.4. The van der Waals surface area contributed by atoms with Crippen molar-refractivity contribution >= 4 is 0 Å². The molecule has 0 saturated heterocycles. The van der Waals surface area contributed by atoms with Crippen LogP contribution in [-0.2, 0) is 0 Å². The Balaban J connectivity index is 0.00000200. The Labute approximate surface area is 150 Å². The van der Waals surface area contributed by atoms with Crippen LogP contribution in [0.3, 0.4) is 0 Å². The average Bonchev–Trinajstić information content (AvgIpc) is 2.35. The maximum atomic E-state index is 9.85. The van der Waals surface area contributed by atoms with Gasteiger partial charge in [0.25, 0.3) is 0 Å². The van der Waals surface area contributed by atoms with E-state index in [0.717, 1.165) is 39.1 Å². The van der Waals surface area contributed by atoms with Gasteiger partial charge in [0.1, 0.15) is 11.5 Å². The van der Waals surface area contributed by atoms with E-state index in [2.05, 4.69) is 26.0 Å². The quantitative estimate of drug-likeness (QED) is 0.778. The van der Waals surface area contributed by atoms with Crippen molar-refractivity contribution < 1.29 is 46.7 Å². The summed E-state index contributed by atoms with van der Waals surface area (Å²) >= 11 is 0. The van der Waals surface area contributed by atoms with Crippen molar-refractivity contribution in [2.45, 2.75) is 27.7 Å². The first-order valence-electron chi connectivity index (χ1n) is 6.40. The molecule has 2 rings (SSSR count). The summed E-state index contributed by atoms with van der Waals surface area (Å²) < 4.78 is 5.39. The van der Waals surface area contributed by atoms with E-state index >= 15 is 0 Å². The molecule has 0 atom stereocenters. The molecular formula is C17H20O2Tm. The molecule has 0 spiro atoms. The SMILES string of the molecule is COc1c(C)cc(-c2cc(C)c(O)c(C)c2)cc1C.[Tm]. The van der Waals surface area contributed by atoms with Gasteiger partial charge in [-0.15, -0.1) is 0 Å². The molecule has 0 amide bonds. The first-order valence-corrected chi connectivity index (χ1v) is 6.40. The Morgan fingerprint density at radius 2 is 1.10 bits per heavy atom. The van der Waals surface area contributed by atoms with Crippen molar-refractivity contribution in [2.24, 2.45) is 0 Å². The van der Waals surface area contributed by atoms with E-state index in [4.69, 9.17) is 4.74 Å². The first kappa shape index (κ1) is 17.3. The predicted octanol–water partition coefficient (Wildman–Crippen LogP) is 4.30. The molecule has 0 saturated carbocycles. The smallest absolute Gasteiger partial charge is 0.124 e. The summed E-state index contributed by atoms with van der Waals surface area (Å²) in [6.07, 6.45) is 0. The third kappa shape index (κ3) is 3.29. The number of hydrogen-bond donors (Lipinski definition) is 1.